The molecule has 42 heavy (non-hydrogen) atoms. The summed E-state index contributed by atoms with van der Waals surface area (Å²) < 4.78 is 35.2. The van der Waals surface area contributed by atoms with Gasteiger partial charge in [0.2, 0.25) is 11.8 Å². The van der Waals surface area contributed by atoms with Crippen LogP contribution in [0.3, 0.4) is 0 Å². The van der Waals surface area contributed by atoms with E-state index in [0.29, 0.717) is 12.4 Å². The van der Waals surface area contributed by atoms with Crippen LogP contribution in [0.4, 0.5) is 5.69 Å². The van der Waals surface area contributed by atoms with Crippen LogP contribution in [0, 0.1) is 6.92 Å². The standard InChI is InChI=1S/C32H41N3O5S2/c1-7-24(4)33-32(37)25(5)34(21-26-14-10-9-13-23(26)3)31(36)22-35(29-15-11-12-16-30(29)40-8-2)42(38,39)28-19-17-27(41-6)18-20-28/h9-20,24-25H,7-8,21-22H2,1-6H3,(H,33,37)/t24-,25+/m1/s1. The minimum absolute atomic E-state index is 0.0485. The van der Waals surface area contributed by atoms with Crippen LogP contribution in [0.5, 0.6) is 5.75 Å². The van der Waals surface area contributed by atoms with E-state index in [1.54, 1.807) is 43.3 Å². The number of nitrogens with one attached hydrogen (secondary N) is 1. The second-order valence-electron chi connectivity index (χ2n) is 10.0. The number of anilines is 1. The molecule has 2 amide bonds. The summed E-state index contributed by atoms with van der Waals surface area (Å²) in [6, 6.07) is 20.0. The van der Waals surface area contributed by atoms with Crippen LogP contribution >= 0.6 is 11.8 Å². The number of aryl methyl sites for hydroxylation is 1. The molecule has 0 aliphatic rings. The highest BCUT2D eigenvalue weighted by atomic mass is 32.2. The zero-order valence-electron chi connectivity index (χ0n) is 25.2. The zero-order chi connectivity index (χ0) is 30.9. The van der Waals surface area contributed by atoms with E-state index in [0.717, 1.165) is 26.7 Å². The first-order valence-corrected chi connectivity index (χ1v) is 16.7. The number of para-hydroxylation sites is 2. The van der Waals surface area contributed by atoms with Crippen molar-refractivity contribution in [2.75, 3.05) is 23.7 Å². The first-order chi connectivity index (χ1) is 20.0. The molecule has 0 aliphatic heterocycles. The molecule has 2 atom stereocenters. The number of rotatable bonds is 14. The van der Waals surface area contributed by atoms with Gasteiger partial charge in [0.05, 0.1) is 17.2 Å². The van der Waals surface area contributed by atoms with E-state index in [2.05, 4.69) is 5.32 Å². The van der Waals surface area contributed by atoms with E-state index in [9.17, 15) is 18.0 Å². The van der Waals surface area contributed by atoms with E-state index in [1.807, 2.05) is 58.2 Å². The molecule has 10 heteroatoms. The molecule has 0 heterocycles. The number of ether oxygens (including phenoxy) is 1. The van der Waals surface area contributed by atoms with Crippen molar-refractivity contribution in [3.63, 3.8) is 0 Å². The third-order valence-corrected chi connectivity index (χ3v) is 9.65. The predicted molar refractivity (Wildman–Crippen MR) is 169 cm³/mol. The topological polar surface area (TPSA) is 96.0 Å². The number of amides is 2. The van der Waals surface area contributed by atoms with E-state index in [1.165, 1.54) is 28.8 Å². The Labute approximate surface area is 254 Å². The number of carbonyl (C=O) groups is 2. The van der Waals surface area contributed by atoms with Gasteiger partial charge in [0.15, 0.2) is 0 Å². The van der Waals surface area contributed by atoms with Gasteiger partial charge in [0, 0.05) is 17.5 Å². The maximum atomic E-state index is 14.2. The number of hydrogen-bond acceptors (Lipinski definition) is 6. The molecule has 3 rings (SSSR count). The fourth-order valence-corrected chi connectivity index (χ4v) is 6.18. The molecule has 3 aromatic rings. The largest absolute Gasteiger partial charge is 0.492 e. The summed E-state index contributed by atoms with van der Waals surface area (Å²) in [6.45, 7) is 9.22. The van der Waals surface area contributed by atoms with Gasteiger partial charge >= 0.3 is 0 Å². The molecular formula is C32H41N3O5S2. The van der Waals surface area contributed by atoms with Gasteiger partial charge in [-0.2, -0.15) is 0 Å². The van der Waals surface area contributed by atoms with Crippen molar-refractivity contribution in [3.05, 3.63) is 83.9 Å². The maximum Gasteiger partial charge on any atom is 0.264 e. The first kappa shape index (κ1) is 33.0. The quantitative estimate of drug-likeness (QED) is 0.237. The van der Waals surface area contributed by atoms with Crippen molar-refractivity contribution >= 4 is 39.3 Å². The van der Waals surface area contributed by atoms with Crippen molar-refractivity contribution in [1.29, 1.82) is 0 Å². The van der Waals surface area contributed by atoms with Crippen molar-refractivity contribution < 1.29 is 22.7 Å². The van der Waals surface area contributed by atoms with Crippen LogP contribution in [0.25, 0.3) is 0 Å². The van der Waals surface area contributed by atoms with Crippen molar-refractivity contribution in [2.24, 2.45) is 0 Å². The van der Waals surface area contributed by atoms with Gasteiger partial charge in [-0.15, -0.1) is 11.8 Å². The van der Waals surface area contributed by atoms with Crippen LogP contribution in [-0.2, 0) is 26.2 Å². The molecule has 226 valence electrons. The Balaban J connectivity index is 2.09. The fourth-order valence-electron chi connectivity index (χ4n) is 4.35. The average molecular weight is 612 g/mol. The highest BCUT2D eigenvalue weighted by molar-refractivity contribution is 7.98. The lowest BCUT2D eigenvalue weighted by Crippen LogP contribution is -2.52. The third-order valence-electron chi connectivity index (χ3n) is 7.13. The van der Waals surface area contributed by atoms with Gasteiger partial charge in [-0.1, -0.05) is 43.3 Å². The first-order valence-electron chi connectivity index (χ1n) is 14.1. The monoisotopic (exact) mass is 611 g/mol. The molecule has 8 nitrogen and oxygen atoms in total. The Hall–Kier alpha value is -3.50. The molecular weight excluding hydrogens is 571 g/mol. The summed E-state index contributed by atoms with van der Waals surface area (Å²) in [5.41, 5.74) is 2.07. The molecule has 0 unspecified atom stereocenters. The van der Waals surface area contributed by atoms with Crippen molar-refractivity contribution in [3.8, 4) is 5.75 Å². The number of thioether (sulfide) groups is 1. The molecule has 1 N–H and O–H groups in total. The number of sulfonamides is 1. The van der Waals surface area contributed by atoms with Crippen LogP contribution in [0.1, 0.15) is 45.2 Å². The van der Waals surface area contributed by atoms with Crippen LogP contribution in [0.2, 0.25) is 0 Å². The van der Waals surface area contributed by atoms with Crippen LogP contribution < -0.4 is 14.4 Å². The highest BCUT2D eigenvalue weighted by Crippen LogP contribution is 2.33. The summed E-state index contributed by atoms with van der Waals surface area (Å²) >= 11 is 1.50. The SMILES string of the molecule is CCOc1ccccc1N(CC(=O)N(Cc1ccccc1C)[C@@H](C)C(=O)N[C@H](C)CC)S(=O)(=O)c1ccc(SC)cc1. The van der Waals surface area contributed by atoms with Crippen molar-refractivity contribution in [1.82, 2.24) is 10.2 Å². The van der Waals surface area contributed by atoms with Gasteiger partial charge in [-0.05, 0) is 87.9 Å². The van der Waals surface area contributed by atoms with E-state index in [4.69, 9.17) is 4.74 Å². The van der Waals surface area contributed by atoms with Gasteiger partial charge in [-0.3, -0.25) is 13.9 Å². The van der Waals surface area contributed by atoms with Gasteiger partial charge in [0.1, 0.15) is 18.3 Å². The lowest BCUT2D eigenvalue weighted by atomic mass is 10.1. The van der Waals surface area contributed by atoms with E-state index >= 15 is 0 Å². The molecule has 0 aromatic heterocycles. The normalized spacial score (nSPS) is 12.7. The van der Waals surface area contributed by atoms with Gasteiger partial charge in [0.25, 0.3) is 10.0 Å². The smallest absolute Gasteiger partial charge is 0.264 e. The average Bonchev–Trinajstić information content (AvgIpc) is 2.99. The molecule has 0 aliphatic carbocycles. The van der Waals surface area contributed by atoms with E-state index < -0.39 is 28.5 Å². The number of carbonyl (C=O) groups excluding carboxylic acids is 2. The minimum atomic E-state index is -4.20. The third kappa shape index (κ3) is 8.07. The molecule has 0 saturated carbocycles. The lowest BCUT2D eigenvalue weighted by Gasteiger charge is -2.33. The molecule has 0 bridgehead atoms. The minimum Gasteiger partial charge on any atom is -0.492 e. The Bertz CT molecular complexity index is 1460. The Morgan fingerprint density at radius 3 is 2.21 bits per heavy atom. The molecule has 3 aromatic carbocycles. The summed E-state index contributed by atoms with van der Waals surface area (Å²) in [6.07, 6.45) is 2.65. The molecule has 0 radical (unpaired) electrons. The lowest BCUT2D eigenvalue weighted by molar-refractivity contribution is -0.139. The summed E-state index contributed by atoms with van der Waals surface area (Å²) in [4.78, 5) is 29.8. The molecule has 0 fully saturated rings. The number of benzene rings is 3. The second-order valence-corrected chi connectivity index (χ2v) is 12.8. The van der Waals surface area contributed by atoms with Crippen LogP contribution in [0.15, 0.2) is 82.6 Å². The van der Waals surface area contributed by atoms with Gasteiger partial charge < -0.3 is 15.0 Å². The Kier molecular flexibility index (Phi) is 11.9. The Morgan fingerprint density at radius 1 is 0.952 bits per heavy atom. The molecule has 0 saturated heterocycles. The van der Waals surface area contributed by atoms with E-state index in [-0.39, 0.29) is 29.1 Å². The van der Waals surface area contributed by atoms with Crippen LogP contribution in [-0.4, -0.2) is 56.6 Å². The summed E-state index contributed by atoms with van der Waals surface area (Å²) in [5.74, 6) is -0.478. The van der Waals surface area contributed by atoms with Gasteiger partial charge in [-0.25, -0.2) is 8.42 Å². The Morgan fingerprint density at radius 2 is 1.60 bits per heavy atom. The summed E-state index contributed by atoms with van der Waals surface area (Å²) in [5, 5.41) is 2.96. The maximum absolute atomic E-state index is 14.2. The fraction of sp³-hybridized carbons (Fsp3) is 0.375. The highest BCUT2D eigenvalue weighted by Gasteiger charge is 2.34. The van der Waals surface area contributed by atoms with Crippen molar-refractivity contribution in [2.45, 2.75) is 69.5 Å². The summed E-state index contributed by atoms with van der Waals surface area (Å²) in [7, 11) is -4.20. The number of nitrogens with zero attached hydrogens (tertiary/aromatic N) is 2. The second kappa shape index (κ2) is 15.1. The molecule has 0 spiro atoms. The zero-order valence-corrected chi connectivity index (χ0v) is 26.8. The predicted octanol–water partition coefficient (Wildman–Crippen LogP) is 5.64. The number of hydrogen-bond donors (Lipinski definition) is 1.